The summed E-state index contributed by atoms with van der Waals surface area (Å²) in [5.41, 5.74) is 8.40. The summed E-state index contributed by atoms with van der Waals surface area (Å²) in [4.78, 5) is 0. The molecule has 1 aromatic rings. The van der Waals surface area contributed by atoms with Crippen LogP contribution in [-0.4, -0.2) is 22.9 Å². The number of hydrogen-bond acceptors (Lipinski definition) is 3. The zero-order valence-electron chi connectivity index (χ0n) is 10.6. The standard InChI is InChI=1S/C13H21N3O/c1-3-7-16-13(12(17-2)9-15-16)10-5-4-6-11(14)8-10/h8-9,11H,3-7,14H2,1-2H3. The first-order chi connectivity index (χ1) is 8.26. The van der Waals surface area contributed by atoms with Crippen LogP contribution in [0.3, 0.4) is 0 Å². The van der Waals surface area contributed by atoms with Gasteiger partial charge in [-0.1, -0.05) is 13.0 Å². The molecular formula is C13H21N3O. The summed E-state index contributed by atoms with van der Waals surface area (Å²) in [5.74, 6) is 0.860. The lowest BCUT2D eigenvalue weighted by atomic mass is 9.94. The van der Waals surface area contributed by atoms with Gasteiger partial charge >= 0.3 is 0 Å². The Morgan fingerprint density at radius 2 is 2.41 bits per heavy atom. The molecule has 1 atom stereocenters. The molecule has 94 valence electrons. The fourth-order valence-corrected chi connectivity index (χ4v) is 2.37. The van der Waals surface area contributed by atoms with E-state index in [2.05, 4.69) is 18.1 Å². The fourth-order valence-electron chi connectivity index (χ4n) is 2.37. The topological polar surface area (TPSA) is 53.1 Å². The summed E-state index contributed by atoms with van der Waals surface area (Å²) in [6, 6.07) is 0.174. The van der Waals surface area contributed by atoms with Crippen molar-refractivity contribution in [3.8, 4) is 5.75 Å². The van der Waals surface area contributed by atoms with Crippen molar-refractivity contribution in [1.29, 1.82) is 0 Å². The fraction of sp³-hybridized carbons (Fsp3) is 0.615. The maximum absolute atomic E-state index is 6.00. The van der Waals surface area contributed by atoms with Crippen molar-refractivity contribution in [3.63, 3.8) is 0 Å². The monoisotopic (exact) mass is 235 g/mol. The average Bonchev–Trinajstić information content (AvgIpc) is 2.72. The Kier molecular flexibility index (Phi) is 3.84. The van der Waals surface area contributed by atoms with E-state index in [1.807, 2.05) is 4.68 Å². The third kappa shape index (κ3) is 2.52. The van der Waals surface area contributed by atoms with Gasteiger partial charge in [0.15, 0.2) is 5.75 Å². The zero-order chi connectivity index (χ0) is 12.3. The maximum atomic E-state index is 6.00. The van der Waals surface area contributed by atoms with Gasteiger partial charge in [0, 0.05) is 12.6 Å². The molecule has 1 heterocycles. The highest BCUT2D eigenvalue weighted by Gasteiger charge is 2.19. The molecule has 0 aromatic carbocycles. The zero-order valence-corrected chi connectivity index (χ0v) is 10.6. The van der Waals surface area contributed by atoms with E-state index in [1.54, 1.807) is 13.3 Å². The average molecular weight is 235 g/mol. The summed E-state index contributed by atoms with van der Waals surface area (Å²) >= 11 is 0. The van der Waals surface area contributed by atoms with Crippen molar-refractivity contribution < 1.29 is 4.74 Å². The van der Waals surface area contributed by atoms with Crippen LogP contribution in [0.5, 0.6) is 5.75 Å². The van der Waals surface area contributed by atoms with Gasteiger partial charge in [0.1, 0.15) is 5.69 Å². The number of aromatic nitrogens is 2. The molecule has 1 aliphatic rings. The van der Waals surface area contributed by atoms with Crippen molar-refractivity contribution in [1.82, 2.24) is 9.78 Å². The summed E-state index contributed by atoms with van der Waals surface area (Å²) in [7, 11) is 1.69. The predicted molar refractivity (Wildman–Crippen MR) is 68.9 cm³/mol. The molecule has 17 heavy (non-hydrogen) atoms. The van der Waals surface area contributed by atoms with E-state index in [4.69, 9.17) is 10.5 Å². The van der Waals surface area contributed by atoms with E-state index in [9.17, 15) is 0 Å². The van der Waals surface area contributed by atoms with Crippen LogP contribution in [-0.2, 0) is 6.54 Å². The molecule has 2 N–H and O–H groups in total. The molecule has 4 nitrogen and oxygen atoms in total. The Morgan fingerprint density at radius 1 is 1.59 bits per heavy atom. The molecule has 0 spiro atoms. The Bertz CT molecular complexity index is 409. The lowest BCUT2D eigenvalue weighted by molar-refractivity contribution is 0.411. The Morgan fingerprint density at radius 3 is 3.06 bits per heavy atom. The minimum Gasteiger partial charge on any atom is -0.493 e. The molecule has 1 aliphatic carbocycles. The number of nitrogens with zero attached hydrogens (tertiary/aromatic N) is 2. The van der Waals surface area contributed by atoms with Crippen LogP contribution in [0.4, 0.5) is 0 Å². The minimum atomic E-state index is 0.174. The van der Waals surface area contributed by atoms with E-state index in [0.29, 0.717) is 0 Å². The highest BCUT2D eigenvalue weighted by Crippen LogP contribution is 2.32. The first-order valence-corrected chi connectivity index (χ1v) is 6.32. The van der Waals surface area contributed by atoms with Crippen molar-refractivity contribution in [3.05, 3.63) is 18.0 Å². The molecule has 4 heteroatoms. The first kappa shape index (κ1) is 12.2. The van der Waals surface area contributed by atoms with Crippen LogP contribution in [0.2, 0.25) is 0 Å². The van der Waals surface area contributed by atoms with Gasteiger partial charge in [0.05, 0.1) is 13.3 Å². The van der Waals surface area contributed by atoms with Crippen LogP contribution >= 0.6 is 0 Å². The normalized spacial score (nSPS) is 20.2. The third-order valence-electron chi connectivity index (χ3n) is 3.16. The smallest absolute Gasteiger partial charge is 0.164 e. The Labute approximate surface area is 102 Å². The van der Waals surface area contributed by atoms with E-state index < -0.39 is 0 Å². The van der Waals surface area contributed by atoms with Crippen LogP contribution in [0.1, 0.15) is 38.3 Å². The highest BCUT2D eigenvalue weighted by atomic mass is 16.5. The largest absolute Gasteiger partial charge is 0.493 e. The van der Waals surface area contributed by atoms with Gasteiger partial charge < -0.3 is 10.5 Å². The SMILES string of the molecule is CCCn1ncc(OC)c1C1=CC(N)CCC1. The first-order valence-electron chi connectivity index (χ1n) is 6.32. The Hall–Kier alpha value is -1.29. The molecule has 2 rings (SSSR count). The van der Waals surface area contributed by atoms with E-state index in [-0.39, 0.29) is 6.04 Å². The molecule has 0 saturated carbocycles. The number of rotatable bonds is 4. The quantitative estimate of drug-likeness (QED) is 0.870. The van der Waals surface area contributed by atoms with Crippen LogP contribution in [0.15, 0.2) is 12.3 Å². The number of allylic oxidation sites excluding steroid dienone is 1. The van der Waals surface area contributed by atoms with E-state index >= 15 is 0 Å². The van der Waals surface area contributed by atoms with Crippen LogP contribution < -0.4 is 10.5 Å². The van der Waals surface area contributed by atoms with Gasteiger partial charge in [0.25, 0.3) is 0 Å². The Balaban J connectivity index is 2.37. The van der Waals surface area contributed by atoms with Gasteiger partial charge in [-0.05, 0) is 31.3 Å². The molecule has 0 fully saturated rings. The molecule has 0 radical (unpaired) electrons. The van der Waals surface area contributed by atoms with Gasteiger partial charge in [-0.2, -0.15) is 5.10 Å². The number of ether oxygens (including phenoxy) is 1. The molecule has 1 aromatic heterocycles. The highest BCUT2D eigenvalue weighted by molar-refractivity contribution is 5.69. The number of aryl methyl sites for hydroxylation is 1. The number of methoxy groups -OCH3 is 1. The van der Waals surface area contributed by atoms with Crippen molar-refractivity contribution in [2.75, 3.05) is 7.11 Å². The van der Waals surface area contributed by atoms with Crippen LogP contribution in [0.25, 0.3) is 5.57 Å². The second-order valence-electron chi connectivity index (χ2n) is 4.53. The van der Waals surface area contributed by atoms with Gasteiger partial charge in [0.2, 0.25) is 0 Å². The molecule has 0 aliphatic heterocycles. The number of hydrogen-bond donors (Lipinski definition) is 1. The van der Waals surface area contributed by atoms with Crippen molar-refractivity contribution in [2.45, 2.75) is 45.2 Å². The summed E-state index contributed by atoms with van der Waals surface area (Å²) in [6.07, 6.45) is 8.32. The lowest BCUT2D eigenvalue weighted by Crippen LogP contribution is -2.21. The second kappa shape index (κ2) is 5.36. The molecular weight excluding hydrogens is 214 g/mol. The summed E-state index contributed by atoms with van der Waals surface area (Å²) < 4.78 is 7.43. The van der Waals surface area contributed by atoms with Crippen molar-refractivity contribution >= 4 is 5.57 Å². The van der Waals surface area contributed by atoms with E-state index in [1.165, 1.54) is 5.57 Å². The lowest BCUT2D eigenvalue weighted by Gasteiger charge is -2.19. The molecule has 0 saturated heterocycles. The minimum absolute atomic E-state index is 0.174. The third-order valence-corrected chi connectivity index (χ3v) is 3.16. The number of nitrogens with two attached hydrogens (primary N) is 1. The van der Waals surface area contributed by atoms with Crippen LogP contribution in [0, 0.1) is 0 Å². The summed E-state index contributed by atoms with van der Waals surface area (Å²) in [5, 5.41) is 4.39. The summed E-state index contributed by atoms with van der Waals surface area (Å²) in [6.45, 7) is 3.07. The van der Waals surface area contributed by atoms with Gasteiger partial charge in [-0.25, -0.2) is 0 Å². The molecule has 0 amide bonds. The molecule has 0 bridgehead atoms. The van der Waals surface area contributed by atoms with Gasteiger partial charge in [-0.15, -0.1) is 0 Å². The van der Waals surface area contributed by atoms with Crippen molar-refractivity contribution in [2.24, 2.45) is 5.73 Å². The van der Waals surface area contributed by atoms with Gasteiger partial charge in [-0.3, -0.25) is 4.68 Å². The second-order valence-corrected chi connectivity index (χ2v) is 4.53. The maximum Gasteiger partial charge on any atom is 0.164 e. The van der Waals surface area contributed by atoms with E-state index in [0.717, 1.165) is 43.7 Å². The molecule has 1 unspecified atom stereocenters. The predicted octanol–water partition coefficient (Wildman–Crippen LogP) is 2.20.